The highest BCUT2D eigenvalue weighted by Crippen LogP contribution is 2.35. The second-order valence-electron chi connectivity index (χ2n) is 9.19. The number of benzene rings is 2. The van der Waals surface area contributed by atoms with Crippen LogP contribution < -0.4 is 11.1 Å². The quantitative estimate of drug-likeness (QED) is 0.205. The van der Waals surface area contributed by atoms with Crippen molar-refractivity contribution in [2.45, 2.75) is 26.9 Å². The number of hydrogen-bond acceptors (Lipinski definition) is 5. The first-order valence-electron chi connectivity index (χ1n) is 12.3. The maximum absolute atomic E-state index is 10.5. The number of aliphatic hydroxyl groups is 1. The van der Waals surface area contributed by atoms with Crippen LogP contribution in [0.4, 0.5) is 5.69 Å². The van der Waals surface area contributed by atoms with Gasteiger partial charge in [-0.2, -0.15) is 0 Å². The average Bonchev–Trinajstić information content (AvgIpc) is 2.91. The van der Waals surface area contributed by atoms with E-state index in [1.54, 1.807) is 18.5 Å². The number of nitrogens with zero attached hydrogens (tertiary/aromatic N) is 2. The number of allylic oxidation sites excluding steroid dienone is 2. The Labute approximate surface area is 220 Å². The molecule has 0 saturated heterocycles. The Bertz CT molecular complexity index is 1320. The number of aliphatic imine (C=N–C) groups is 1. The van der Waals surface area contributed by atoms with Gasteiger partial charge >= 0.3 is 0 Å². The van der Waals surface area contributed by atoms with Crippen molar-refractivity contribution in [1.82, 2.24) is 10.3 Å². The lowest BCUT2D eigenvalue weighted by atomic mass is 9.96. The normalized spacial score (nSPS) is 12.8. The molecule has 0 aliphatic carbocycles. The lowest BCUT2D eigenvalue weighted by molar-refractivity contribution is 0.126. The number of nitrogens with two attached hydrogens (primary N) is 1. The van der Waals surface area contributed by atoms with Crippen LogP contribution in [-0.2, 0) is 0 Å². The Morgan fingerprint density at radius 3 is 2.54 bits per heavy atom. The molecule has 0 saturated carbocycles. The van der Waals surface area contributed by atoms with E-state index in [1.165, 1.54) is 6.20 Å². The van der Waals surface area contributed by atoms with Crippen LogP contribution in [0.2, 0.25) is 0 Å². The fraction of sp³-hybridized carbons (Fsp3) is 0.188. The van der Waals surface area contributed by atoms with Crippen molar-refractivity contribution in [2.24, 2.45) is 16.6 Å². The third-order valence-corrected chi connectivity index (χ3v) is 5.95. The van der Waals surface area contributed by atoms with Gasteiger partial charge in [0, 0.05) is 41.5 Å². The molecule has 4 N–H and O–H groups in total. The minimum Gasteiger partial charge on any atom is -0.405 e. The van der Waals surface area contributed by atoms with Gasteiger partial charge < -0.3 is 16.2 Å². The highest BCUT2D eigenvalue weighted by Gasteiger charge is 2.16. The summed E-state index contributed by atoms with van der Waals surface area (Å²) in [7, 11) is 0. The Hall–Kier alpha value is -4.22. The molecule has 0 amide bonds. The first-order chi connectivity index (χ1) is 17.8. The third-order valence-electron chi connectivity index (χ3n) is 5.95. The number of hydrogen-bond donors (Lipinski definition) is 3. The molecular formula is C32H36N4O. The topological polar surface area (TPSA) is 83.5 Å². The predicted molar refractivity (Wildman–Crippen MR) is 156 cm³/mol. The molecule has 190 valence electrons. The summed E-state index contributed by atoms with van der Waals surface area (Å²) in [5.41, 5.74) is 13.3. The van der Waals surface area contributed by atoms with Crippen molar-refractivity contribution in [3.63, 3.8) is 0 Å². The van der Waals surface area contributed by atoms with Gasteiger partial charge in [-0.3, -0.25) is 9.98 Å². The molecule has 37 heavy (non-hydrogen) atoms. The van der Waals surface area contributed by atoms with Gasteiger partial charge in [0.15, 0.2) is 0 Å². The van der Waals surface area contributed by atoms with Gasteiger partial charge in [0.2, 0.25) is 0 Å². The maximum Gasteiger partial charge on any atom is 0.0827 e. The molecule has 1 aromatic heterocycles. The molecule has 2 aromatic carbocycles. The molecule has 1 atom stereocenters. The summed E-state index contributed by atoms with van der Waals surface area (Å²) < 4.78 is 0. The van der Waals surface area contributed by atoms with Crippen LogP contribution in [0.25, 0.3) is 16.8 Å². The van der Waals surface area contributed by atoms with Gasteiger partial charge in [0.05, 0.1) is 11.8 Å². The van der Waals surface area contributed by atoms with Gasteiger partial charge in [0.25, 0.3) is 0 Å². The largest absolute Gasteiger partial charge is 0.405 e. The summed E-state index contributed by atoms with van der Waals surface area (Å²) in [6.07, 6.45) is 9.89. The minimum atomic E-state index is -0.580. The van der Waals surface area contributed by atoms with Gasteiger partial charge in [-0.05, 0) is 59.5 Å². The zero-order valence-corrected chi connectivity index (χ0v) is 21.9. The van der Waals surface area contributed by atoms with Crippen LogP contribution in [0.1, 0.15) is 43.6 Å². The summed E-state index contributed by atoms with van der Waals surface area (Å²) in [4.78, 5) is 9.36. The minimum absolute atomic E-state index is 0.0915. The van der Waals surface area contributed by atoms with E-state index >= 15 is 0 Å². The fourth-order valence-corrected chi connectivity index (χ4v) is 3.88. The molecule has 0 bridgehead atoms. The Balaban J connectivity index is 2.02. The number of pyridine rings is 1. The van der Waals surface area contributed by atoms with Crippen LogP contribution in [0.5, 0.6) is 0 Å². The maximum atomic E-state index is 10.5. The average molecular weight is 493 g/mol. The SMILES string of the molecule is C=C(/C=C\C=C/N)CNC(=C)c1c(/N=C(\C)c2cncc(C(O)C(C)C)c2)cccc1-c1ccccc1. The summed E-state index contributed by atoms with van der Waals surface area (Å²) in [5, 5.41) is 13.9. The molecule has 0 spiro atoms. The standard InChI is InChI=1S/C32H36N4O/c1-22(2)32(37)28-18-27(20-34-21-28)24(4)36-30-16-11-15-29(26-13-7-6-8-14-26)31(30)25(5)35-19-23(3)12-9-10-17-33/h6-18,20-22,32,35,37H,3,5,19,33H2,1-2,4H3/b12-9-,17-10-,36-24+. The van der Waals surface area contributed by atoms with Crippen LogP contribution in [0.15, 0.2) is 115 Å². The lowest BCUT2D eigenvalue weighted by Gasteiger charge is -2.18. The molecule has 0 aliphatic rings. The zero-order chi connectivity index (χ0) is 26.8. The summed E-state index contributed by atoms with van der Waals surface area (Å²) in [6, 6.07) is 18.2. The van der Waals surface area contributed by atoms with E-state index in [1.807, 2.05) is 69.3 Å². The lowest BCUT2D eigenvalue weighted by Crippen LogP contribution is -2.14. The first-order valence-corrected chi connectivity index (χ1v) is 12.3. The number of aliphatic hydroxyl groups excluding tert-OH is 1. The molecular weight excluding hydrogens is 456 g/mol. The van der Waals surface area contributed by atoms with E-state index < -0.39 is 6.10 Å². The fourth-order valence-electron chi connectivity index (χ4n) is 3.88. The molecule has 3 rings (SSSR count). The van der Waals surface area contributed by atoms with Crippen molar-refractivity contribution in [3.05, 3.63) is 127 Å². The number of rotatable bonds is 11. The van der Waals surface area contributed by atoms with Gasteiger partial charge in [-0.15, -0.1) is 0 Å². The summed E-state index contributed by atoms with van der Waals surface area (Å²) in [5.74, 6) is 0.0915. The molecule has 5 nitrogen and oxygen atoms in total. The molecule has 0 aliphatic heterocycles. The first kappa shape index (κ1) is 27.4. The van der Waals surface area contributed by atoms with E-state index in [0.717, 1.165) is 50.5 Å². The van der Waals surface area contributed by atoms with E-state index in [4.69, 9.17) is 10.7 Å². The van der Waals surface area contributed by atoms with Gasteiger partial charge in [-0.1, -0.05) is 81.6 Å². The molecule has 0 radical (unpaired) electrons. The number of aromatic nitrogens is 1. The molecule has 0 fully saturated rings. The van der Waals surface area contributed by atoms with E-state index in [-0.39, 0.29) is 5.92 Å². The van der Waals surface area contributed by atoms with Crippen molar-refractivity contribution >= 4 is 17.1 Å². The van der Waals surface area contributed by atoms with Gasteiger partial charge in [0.1, 0.15) is 0 Å². The molecule has 1 heterocycles. The Morgan fingerprint density at radius 2 is 1.84 bits per heavy atom. The molecule has 3 aromatic rings. The van der Waals surface area contributed by atoms with Crippen LogP contribution in [-0.4, -0.2) is 22.3 Å². The van der Waals surface area contributed by atoms with Crippen molar-refractivity contribution in [2.75, 3.05) is 6.54 Å². The van der Waals surface area contributed by atoms with Crippen molar-refractivity contribution in [1.29, 1.82) is 0 Å². The highest BCUT2D eigenvalue weighted by atomic mass is 16.3. The van der Waals surface area contributed by atoms with Crippen molar-refractivity contribution in [3.8, 4) is 11.1 Å². The molecule has 1 unspecified atom stereocenters. The monoisotopic (exact) mass is 492 g/mol. The third kappa shape index (κ3) is 7.38. The van der Waals surface area contributed by atoms with Crippen LogP contribution >= 0.6 is 0 Å². The van der Waals surface area contributed by atoms with Crippen LogP contribution in [0.3, 0.4) is 0 Å². The predicted octanol–water partition coefficient (Wildman–Crippen LogP) is 6.72. The zero-order valence-electron chi connectivity index (χ0n) is 21.9. The Kier molecular flexibility index (Phi) is 9.76. The smallest absolute Gasteiger partial charge is 0.0827 e. The second-order valence-corrected chi connectivity index (χ2v) is 9.19. The second kappa shape index (κ2) is 13.2. The summed E-state index contributed by atoms with van der Waals surface area (Å²) in [6.45, 7) is 14.9. The molecule has 5 heteroatoms. The Morgan fingerprint density at radius 1 is 1.08 bits per heavy atom. The summed E-state index contributed by atoms with van der Waals surface area (Å²) >= 11 is 0. The number of nitrogens with one attached hydrogen (secondary N) is 1. The van der Waals surface area contributed by atoms with E-state index in [9.17, 15) is 5.11 Å². The van der Waals surface area contributed by atoms with Gasteiger partial charge in [-0.25, -0.2) is 0 Å². The van der Waals surface area contributed by atoms with Crippen LogP contribution in [0, 0.1) is 5.92 Å². The highest BCUT2D eigenvalue weighted by molar-refractivity contribution is 6.01. The van der Waals surface area contributed by atoms with E-state index in [0.29, 0.717) is 6.54 Å². The van der Waals surface area contributed by atoms with E-state index in [2.05, 4.69) is 41.7 Å². The van der Waals surface area contributed by atoms with Crippen molar-refractivity contribution < 1.29 is 5.11 Å².